The van der Waals surface area contributed by atoms with Crippen LogP contribution in [-0.2, 0) is 16.1 Å². The molecule has 35 heavy (non-hydrogen) atoms. The summed E-state index contributed by atoms with van der Waals surface area (Å²) in [5.74, 6) is 2.06. The van der Waals surface area contributed by atoms with Gasteiger partial charge >= 0.3 is 0 Å². The number of fused-ring (bicyclic) bond motifs is 1. The van der Waals surface area contributed by atoms with Gasteiger partial charge in [0.05, 0.1) is 31.7 Å². The highest BCUT2D eigenvalue weighted by atomic mass is 32.1. The Kier molecular flexibility index (Phi) is 6.65. The summed E-state index contributed by atoms with van der Waals surface area (Å²) in [5.41, 5.74) is 2.39. The topological polar surface area (TPSA) is 73.8 Å². The maximum absolute atomic E-state index is 12.3. The Hall–Kier alpha value is -2.59. The Morgan fingerprint density at radius 2 is 1.77 bits per heavy atom. The van der Waals surface area contributed by atoms with Crippen molar-refractivity contribution in [3.05, 3.63) is 41.5 Å². The van der Waals surface area contributed by atoms with Gasteiger partial charge in [0.25, 0.3) is 0 Å². The number of aromatic nitrogens is 2. The van der Waals surface area contributed by atoms with Crippen molar-refractivity contribution in [2.75, 3.05) is 63.9 Å². The van der Waals surface area contributed by atoms with Gasteiger partial charge in [-0.1, -0.05) is 30.3 Å². The van der Waals surface area contributed by atoms with Crippen molar-refractivity contribution in [2.24, 2.45) is 0 Å². The van der Waals surface area contributed by atoms with E-state index in [1.165, 1.54) is 11.1 Å². The van der Waals surface area contributed by atoms with Crippen LogP contribution in [0.15, 0.2) is 35.7 Å². The first-order valence-electron chi connectivity index (χ1n) is 12.6. The molecule has 1 N–H and O–H groups in total. The number of amides is 1. The van der Waals surface area contributed by atoms with Gasteiger partial charge in [0, 0.05) is 56.3 Å². The number of carbonyl (C=O) groups excluding carboxylic acids is 1. The molecule has 2 saturated heterocycles. The standard InChI is InChI=1S/C26H32N6O2S/c33-23(27-20-6-7-20)17-30-8-10-32(11-9-30)25-24-21(19-4-2-1-3-5-19)18-35-26(24)29-22(28-25)16-31-12-14-34-15-13-31/h1-5,18,20H,6-17H2,(H,27,33). The minimum Gasteiger partial charge on any atom is -0.379 e. The van der Waals surface area contributed by atoms with E-state index in [1.54, 1.807) is 11.3 Å². The summed E-state index contributed by atoms with van der Waals surface area (Å²) < 4.78 is 5.52. The van der Waals surface area contributed by atoms with Crippen LogP contribution in [-0.4, -0.2) is 90.7 Å². The van der Waals surface area contributed by atoms with E-state index in [0.717, 1.165) is 93.7 Å². The lowest BCUT2D eigenvalue weighted by Gasteiger charge is -2.35. The van der Waals surface area contributed by atoms with Gasteiger partial charge in [-0.05, 0) is 18.4 Å². The number of thiophene rings is 1. The van der Waals surface area contributed by atoms with Crippen molar-refractivity contribution >= 4 is 33.3 Å². The van der Waals surface area contributed by atoms with Crippen LogP contribution >= 0.6 is 11.3 Å². The Labute approximate surface area is 209 Å². The molecular formula is C26H32N6O2S. The van der Waals surface area contributed by atoms with Crippen LogP contribution in [0.5, 0.6) is 0 Å². The van der Waals surface area contributed by atoms with Crippen molar-refractivity contribution < 1.29 is 9.53 Å². The first-order chi connectivity index (χ1) is 17.2. The van der Waals surface area contributed by atoms with E-state index >= 15 is 0 Å². The van der Waals surface area contributed by atoms with Crippen LogP contribution in [0.3, 0.4) is 0 Å². The predicted octanol–water partition coefficient (Wildman–Crippen LogP) is 2.59. The quantitative estimate of drug-likeness (QED) is 0.544. The molecule has 3 aliphatic rings. The van der Waals surface area contributed by atoms with Gasteiger partial charge in [0.15, 0.2) is 0 Å². The normalized spacial score (nSPS) is 19.8. The molecule has 184 valence electrons. The average molecular weight is 493 g/mol. The number of hydrogen-bond donors (Lipinski definition) is 1. The Morgan fingerprint density at radius 3 is 2.51 bits per heavy atom. The molecule has 4 heterocycles. The third-order valence-electron chi connectivity index (χ3n) is 7.00. The lowest BCUT2D eigenvalue weighted by molar-refractivity contribution is -0.122. The number of carbonyl (C=O) groups is 1. The molecule has 9 heteroatoms. The SMILES string of the molecule is O=C(CN1CCN(c2nc(CN3CCOCC3)nc3scc(-c4ccccc4)c23)CC1)NC1CC1. The zero-order chi connectivity index (χ0) is 23.6. The van der Waals surface area contributed by atoms with Crippen molar-refractivity contribution in [1.82, 2.24) is 25.1 Å². The molecule has 0 bridgehead atoms. The molecule has 0 radical (unpaired) electrons. The minimum absolute atomic E-state index is 0.155. The summed E-state index contributed by atoms with van der Waals surface area (Å²) >= 11 is 1.70. The van der Waals surface area contributed by atoms with Gasteiger partial charge < -0.3 is 15.0 Å². The number of anilines is 1. The first-order valence-corrected chi connectivity index (χ1v) is 13.5. The molecule has 3 fully saturated rings. The number of piperazine rings is 1. The molecule has 1 amide bonds. The van der Waals surface area contributed by atoms with E-state index in [9.17, 15) is 4.79 Å². The molecule has 2 aromatic heterocycles. The fraction of sp³-hybridized carbons (Fsp3) is 0.500. The highest BCUT2D eigenvalue weighted by molar-refractivity contribution is 7.17. The highest BCUT2D eigenvalue weighted by Crippen LogP contribution is 2.38. The van der Waals surface area contributed by atoms with Crippen molar-refractivity contribution in [3.8, 4) is 11.1 Å². The summed E-state index contributed by atoms with van der Waals surface area (Å²) in [6.45, 7) is 8.00. The van der Waals surface area contributed by atoms with E-state index in [4.69, 9.17) is 14.7 Å². The van der Waals surface area contributed by atoms with Crippen molar-refractivity contribution in [2.45, 2.75) is 25.4 Å². The molecular weight excluding hydrogens is 460 g/mol. The van der Waals surface area contributed by atoms with Crippen molar-refractivity contribution in [1.29, 1.82) is 0 Å². The molecule has 0 unspecified atom stereocenters. The van der Waals surface area contributed by atoms with E-state index in [2.05, 4.69) is 55.7 Å². The first kappa shape index (κ1) is 22.8. The molecule has 8 nitrogen and oxygen atoms in total. The van der Waals surface area contributed by atoms with Crippen LogP contribution < -0.4 is 10.2 Å². The number of nitrogens with one attached hydrogen (secondary N) is 1. The second kappa shape index (κ2) is 10.2. The maximum atomic E-state index is 12.3. The summed E-state index contributed by atoms with van der Waals surface area (Å²) in [7, 11) is 0. The Morgan fingerprint density at radius 1 is 1.00 bits per heavy atom. The molecule has 6 rings (SSSR count). The van der Waals surface area contributed by atoms with Gasteiger partial charge in [-0.3, -0.25) is 14.6 Å². The van der Waals surface area contributed by atoms with E-state index in [-0.39, 0.29) is 5.91 Å². The van der Waals surface area contributed by atoms with Gasteiger partial charge in [-0.2, -0.15) is 0 Å². The predicted molar refractivity (Wildman–Crippen MR) is 139 cm³/mol. The summed E-state index contributed by atoms with van der Waals surface area (Å²) in [6.07, 6.45) is 2.25. The molecule has 3 aromatic rings. The van der Waals surface area contributed by atoms with Gasteiger partial charge in [-0.15, -0.1) is 11.3 Å². The van der Waals surface area contributed by atoms with Gasteiger partial charge in [0.1, 0.15) is 16.5 Å². The third kappa shape index (κ3) is 5.33. The van der Waals surface area contributed by atoms with Gasteiger partial charge in [0.2, 0.25) is 5.91 Å². The fourth-order valence-electron chi connectivity index (χ4n) is 4.88. The second-order valence-corrected chi connectivity index (χ2v) is 10.5. The van der Waals surface area contributed by atoms with E-state index in [1.807, 2.05) is 0 Å². The number of nitrogens with zero attached hydrogens (tertiary/aromatic N) is 5. The zero-order valence-electron chi connectivity index (χ0n) is 20.0. The van der Waals surface area contributed by atoms with Crippen LogP contribution in [0, 0.1) is 0 Å². The number of morpholine rings is 1. The number of rotatable bonds is 7. The lowest BCUT2D eigenvalue weighted by atomic mass is 10.1. The third-order valence-corrected chi connectivity index (χ3v) is 7.87. The molecule has 0 spiro atoms. The van der Waals surface area contributed by atoms with Crippen LogP contribution in [0.25, 0.3) is 21.3 Å². The number of ether oxygens (including phenoxy) is 1. The maximum Gasteiger partial charge on any atom is 0.234 e. The molecule has 2 aliphatic heterocycles. The van der Waals surface area contributed by atoms with Crippen LogP contribution in [0.1, 0.15) is 18.7 Å². The Bertz CT molecular complexity index is 1170. The highest BCUT2D eigenvalue weighted by Gasteiger charge is 2.27. The molecule has 1 saturated carbocycles. The fourth-order valence-corrected chi connectivity index (χ4v) is 5.84. The summed E-state index contributed by atoms with van der Waals surface area (Å²) in [6, 6.07) is 10.9. The van der Waals surface area contributed by atoms with Gasteiger partial charge in [-0.25, -0.2) is 9.97 Å². The minimum atomic E-state index is 0.155. The van der Waals surface area contributed by atoms with Crippen LogP contribution in [0.4, 0.5) is 5.82 Å². The molecule has 1 aromatic carbocycles. The summed E-state index contributed by atoms with van der Waals surface area (Å²) in [4.78, 5) is 30.5. The van der Waals surface area contributed by atoms with E-state index < -0.39 is 0 Å². The second-order valence-electron chi connectivity index (χ2n) is 9.65. The Balaban J connectivity index is 1.26. The largest absolute Gasteiger partial charge is 0.379 e. The van der Waals surface area contributed by atoms with E-state index in [0.29, 0.717) is 12.6 Å². The number of hydrogen-bond acceptors (Lipinski definition) is 8. The summed E-state index contributed by atoms with van der Waals surface area (Å²) in [5, 5.41) is 6.47. The average Bonchev–Trinajstić information content (AvgIpc) is 3.60. The lowest BCUT2D eigenvalue weighted by Crippen LogP contribution is -2.50. The van der Waals surface area contributed by atoms with Crippen LogP contribution in [0.2, 0.25) is 0 Å². The zero-order valence-corrected chi connectivity index (χ0v) is 20.8. The molecule has 0 atom stereocenters. The molecule has 1 aliphatic carbocycles. The smallest absolute Gasteiger partial charge is 0.234 e. The monoisotopic (exact) mass is 492 g/mol. The number of benzene rings is 1. The van der Waals surface area contributed by atoms with Crippen molar-refractivity contribution in [3.63, 3.8) is 0 Å².